The molecule has 114 valence electrons. The molecule has 0 bridgehead atoms. The predicted octanol–water partition coefficient (Wildman–Crippen LogP) is 2.58. The van der Waals surface area contributed by atoms with Gasteiger partial charge in [-0.2, -0.15) is 0 Å². The summed E-state index contributed by atoms with van der Waals surface area (Å²) < 4.78 is 26.7. The quantitative estimate of drug-likeness (QED) is 0.876. The van der Waals surface area contributed by atoms with E-state index in [1.165, 1.54) is 12.1 Å². The molecule has 3 nitrogen and oxygen atoms in total. The van der Waals surface area contributed by atoms with Gasteiger partial charge in [0.2, 0.25) is 5.91 Å². The van der Waals surface area contributed by atoms with Crippen molar-refractivity contribution in [3.8, 4) is 0 Å². The summed E-state index contributed by atoms with van der Waals surface area (Å²) in [5.41, 5.74) is 6.37. The number of rotatable bonds is 6. The summed E-state index contributed by atoms with van der Waals surface area (Å²) in [4.78, 5) is 14.1. The number of nitrogens with zero attached hydrogens (tertiary/aromatic N) is 1. The van der Waals surface area contributed by atoms with E-state index in [9.17, 15) is 13.6 Å². The van der Waals surface area contributed by atoms with Gasteiger partial charge in [-0.3, -0.25) is 4.79 Å². The molecule has 21 heavy (non-hydrogen) atoms. The first kappa shape index (κ1) is 14.4. The molecule has 0 radical (unpaired) electrons. The Morgan fingerprint density at radius 1 is 1.29 bits per heavy atom. The number of hydrogen-bond acceptors (Lipinski definition) is 2. The molecular formula is C16H20F2N2O. The van der Waals surface area contributed by atoms with Crippen molar-refractivity contribution in [2.45, 2.75) is 50.7 Å². The van der Waals surface area contributed by atoms with E-state index >= 15 is 0 Å². The minimum atomic E-state index is -0.601. The highest BCUT2D eigenvalue weighted by molar-refractivity contribution is 5.77. The smallest absolute Gasteiger partial charge is 0.224 e. The number of carbonyl (C=O) groups is 1. The molecule has 1 aromatic carbocycles. The molecule has 2 aliphatic carbocycles. The van der Waals surface area contributed by atoms with Gasteiger partial charge in [0.05, 0.1) is 0 Å². The van der Waals surface area contributed by atoms with Crippen LogP contribution in [0.2, 0.25) is 0 Å². The van der Waals surface area contributed by atoms with E-state index in [0.29, 0.717) is 17.9 Å². The van der Waals surface area contributed by atoms with Gasteiger partial charge in [0.25, 0.3) is 0 Å². The predicted molar refractivity (Wildman–Crippen MR) is 75.2 cm³/mol. The molecular weight excluding hydrogens is 274 g/mol. The van der Waals surface area contributed by atoms with Crippen LogP contribution in [0, 0.1) is 17.6 Å². The second-order valence-corrected chi connectivity index (χ2v) is 6.19. The van der Waals surface area contributed by atoms with Crippen LogP contribution in [0.25, 0.3) is 0 Å². The van der Waals surface area contributed by atoms with E-state index in [-0.39, 0.29) is 24.5 Å². The molecule has 2 aliphatic rings. The van der Waals surface area contributed by atoms with Crippen LogP contribution in [0.15, 0.2) is 18.2 Å². The highest BCUT2D eigenvalue weighted by Gasteiger charge is 2.36. The number of benzene rings is 1. The molecule has 0 heterocycles. The normalized spacial score (nSPS) is 19.4. The number of halogens is 2. The maximum atomic E-state index is 13.8. The lowest BCUT2D eigenvalue weighted by Gasteiger charge is -2.24. The van der Waals surface area contributed by atoms with Crippen molar-refractivity contribution in [1.29, 1.82) is 0 Å². The maximum Gasteiger partial charge on any atom is 0.224 e. The Labute approximate surface area is 123 Å². The molecule has 1 amide bonds. The Kier molecular flexibility index (Phi) is 3.93. The lowest BCUT2D eigenvalue weighted by atomic mass is 10.1. The van der Waals surface area contributed by atoms with E-state index in [1.54, 1.807) is 4.90 Å². The molecule has 0 aliphatic heterocycles. The monoisotopic (exact) mass is 294 g/mol. The first-order valence-electron chi connectivity index (χ1n) is 7.53. The van der Waals surface area contributed by atoms with Crippen molar-refractivity contribution in [3.63, 3.8) is 0 Å². The number of hydrogen-bond donors (Lipinski definition) is 1. The third-order valence-electron chi connectivity index (χ3n) is 4.30. The van der Waals surface area contributed by atoms with Gasteiger partial charge in [0.15, 0.2) is 0 Å². The van der Waals surface area contributed by atoms with Gasteiger partial charge in [0, 0.05) is 36.7 Å². The van der Waals surface area contributed by atoms with Crippen molar-refractivity contribution in [3.05, 3.63) is 35.4 Å². The second-order valence-electron chi connectivity index (χ2n) is 6.19. The Morgan fingerprint density at radius 3 is 2.57 bits per heavy atom. The lowest BCUT2D eigenvalue weighted by molar-refractivity contribution is -0.132. The molecule has 1 unspecified atom stereocenters. The van der Waals surface area contributed by atoms with Gasteiger partial charge < -0.3 is 10.6 Å². The molecule has 2 saturated carbocycles. The SMILES string of the molecule is NC(CC(=O)N(Cc1ccc(F)cc1F)C1CC1)C1CC1. The minimum absolute atomic E-state index is 0.0133. The van der Waals surface area contributed by atoms with Crippen LogP contribution in [0.3, 0.4) is 0 Å². The zero-order valence-corrected chi connectivity index (χ0v) is 11.9. The number of nitrogens with two attached hydrogens (primary N) is 1. The van der Waals surface area contributed by atoms with E-state index in [2.05, 4.69) is 0 Å². The van der Waals surface area contributed by atoms with Crippen molar-refractivity contribution in [1.82, 2.24) is 4.90 Å². The van der Waals surface area contributed by atoms with Crippen LogP contribution in [-0.4, -0.2) is 22.9 Å². The van der Waals surface area contributed by atoms with Crippen molar-refractivity contribution in [2.24, 2.45) is 11.7 Å². The Balaban J connectivity index is 1.67. The largest absolute Gasteiger partial charge is 0.335 e. The molecule has 0 aromatic heterocycles. The number of carbonyl (C=O) groups excluding carboxylic acids is 1. The van der Waals surface area contributed by atoms with E-state index in [4.69, 9.17) is 5.73 Å². The average Bonchev–Trinajstić information content (AvgIpc) is 3.27. The summed E-state index contributed by atoms with van der Waals surface area (Å²) >= 11 is 0. The fourth-order valence-electron chi connectivity index (χ4n) is 2.65. The highest BCUT2D eigenvalue weighted by Crippen LogP contribution is 2.34. The zero-order chi connectivity index (χ0) is 15.0. The van der Waals surface area contributed by atoms with Crippen molar-refractivity contribution in [2.75, 3.05) is 0 Å². The van der Waals surface area contributed by atoms with Crippen LogP contribution in [-0.2, 0) is 11.3 Å². The van der Waals surface area contributed by atoms with Crippen LogP contribution in [0.1, 0.15) is 37.7 Å². The average molecular weight is 294 g/mol. The van der Waals surface area contributed by atoms with E-state index < -0.39 is 11.6 Å². The van der Waals surface area contributed by atoms with Gasteiger partial charge in [-0.15, -0.1) is 0 Å². The third kappa shape index (κ3) is 3.59. The fraction of sp³-hybridized carbons (Fsp3) is 0.562. The molecule has 1 atom stereocenters. The lowest BCUT2D eigenvalue weighted by Crippen LogP contribution is -2.37. The van der Waals surface area contributed by atoms with Crippen molar-refractivity contribution >= 4 is 5.91 Å². The summed E-state index contributed by atoms with van der Waals surface area (Å²) in [6.45, 7) is 0.201. The van der Waals surface area contributed by atoms with Crippen LogP contribution in [0.4, 0.5) is 8.78 Å². The topological polar surface area (TPSA) is 46.3 Å². The molecule has 5 heteroatoms. The maximum absolute atomic E-state index is 13.8. The van der Waals surface area contributed by atoms with Gasteiger partial charge in [-0.05, 0) is 37.7 Å². The first-order valence-corrected chi connectivity index (χ1v) is 7.53. The highest BCUT2D eigenvalue weighted by atomic mass is 19.1. The molecule has 3 rings (SSSR count). The first-order chi connectivity index (χ1) is 10.0. The van der Waals surface area contributed by atoms with Gasteiger partial charge >= 0.3 is 0 Å². The zero-order valence-electron chi connectivity index (χ0n) is 11.9. The van der Waals surface area contributed by atoms with Gasteiger partial charge in [-0.1, -0.05) is 6.07 Å². The summed E-state index contributed by atoms with van der Waals surface area (Å²) in [7, 11) is 0. The summed E-state index contributed by atoms with van der Waals surface area (Å²) in [6.07, 6.45) is 4.43. The molecule has 0 saturated heterocycles. The summed E-state index contributed by atoms with van der Waals surface area (Å²) in [6, 6.07) is 3.60. The third-order valence-corrected chi connectivity index (χ3v) is 4.30. The van der Waals surface area contributed by atoms with Gasteiger partial charge in [-0.25, -0.2) is 8.78 Å². The molecule has 1 aromatic rings. The molecule has 2 fully saturated rings. The van der Waals surface area contributed by atoms with Crippen LogP contribution >= 0.6 is 0 Å². The second kappa shape index (κ2) is 5.72. The molecule has 0 spiro atoms. The van der Waals surface area contributed by atoms with E-state index in [1.807, 2.05) is 0 Å². The Bertz CT molecular complexity index is 541. The van der Waals surface area contributed by atoms with E-state index in [0.717, 1.165) is 31.7 Å². The fourth-order valence-corrected chi connectivity index (χ4v) is 2.65. The summed E-state index contributed by atoms with van der Waals surface area (Å²) in [5, 5.41) is 0. The standard InChI is InChI=1S/C16H20F2N2O/c17-12-4-3-11(14(18)7-12)9-20(13-5-6-13)16(21)8-15(19)10-1-2-10/h3-4,7,10,13,15H,1-2,5-6,8-9,19H2. The van der Waals surface area contributed by atoms with Crippen LogP contribution in [0.5, 0.6) is 0 Å². The Morgan fingerprint density at radius 2 is 2.00 bits per heavy atom. The summed E-state index contributed by atoms with van der Waals surface area (Å²) in [5.74, 6) is -0.741. The Hall–Kier alpha value is -1.49. The molecule has 2 N–H and O–H groups in total. The number of amides is 1. The van der Waals surface area contributed by atoms with Crippen molar-refractivity contribution < 1.29 is 13.6 Å². The van der Waals surface area contributed by atoms with Gasteiger partial charge in [0.1, 0.15) is 11.6 Å². The van der Waals surface area contributed by atoms with Crippen LogP contribution < -0.4 is 5.73 Å². The minimum Gasteiger partial charge on any atom is -0.335 e.